The van der Waals surface area contributed by atoms with Crippen LogP contribution in [0.3, 0.4) is 0 Å². The van der Waals surface area contributed by atoms with Gasteiger partial charge < -0.3 is 9.32 Å². The highest BCUT2D eigenvalue weighted by atomic mass is 16.3. The normalized spacial score (nSPS) is 20.4. The van der Waals surface area contributed by atoms with Crippen molar-refractivity contribution in [3.8, 4) is 44.5 Å². The maximum absolute atomic E-state index is 10.2. The first-order valence-electron chi connectivity index (χ1n) is 33.1. The molecule has 0 amide bonds. The van der Waals surface area contributed by atoms with Crippen LogP contribution in [0, 0.1) is 0 Å². The fraction of sp³-hybridized carbons (Fsp3) is 0. The third kappa shape index (κ3) is 5.53. The molecule has 0 fully saturated rings. The predicted molar refractivity (Wildman–Crippen MR) is 228 cm³/mol. The first-order chi connectivity index (χ1) is 41.4. The number of hydrogen-bond donors (Lipinski definition) is 0. The topological polar surface area (TPSA) is 16.4 Å². The van der Waals surface area contributed by atoms with Crippen molar-refractivity contribution >= 4 is 49.8 Å². The van der Waals surface area contributed by atoms with Gasteiger partial charge in [0.25, 0.3) is 0 Å². The molecule has 0 unspecified atom stereocenters. The Bertz CT molecular complexity index is 4880. The number of hydrogen-bond acceptors (Lipinski definition) is 2. The van der Waals surface area contributed by atoms with Crippen molar-refractivity contribution in [2.75, 3.05) is 4.90 Å². The van der Waals surface area contributed by atoms with Crippen LogP contribution in [0.2, 0.25) is 0 Å². The summed E-state index contributed by atoms with van der Waals surface area (Å²) in [4.78, 5) is 0.290. The highest BCUT2D eigenvalue weighted by molar-refractivity contribution is 6.18. The number of para-hydroxylation sites is 2. The van der Waals surface area contributed by atoms with Crippen LogP contribution >= 0.6 is 0 Å². The molecule has 0 spiro atoms. The minimum atomic E-state index is -1.41. The lowest BCUT2D eigenvalue weighted by atomic mass is 9.94. The van der Waals surface area contributed by atoms with Gasteiger partial charge in [-0.05, 0) is 86.5 Å². The van der Waals surface area contributed by atoms with Gasteiger partial charge in [0, 0.05) is 22.2 Å². The van der Waals surface area contributed by atoms with Gasteiger partial charge in [-0.2, -0.15) is 0 Å². The zero-order chi connectivity index (χ0) is 66.3. The smallest absolute Gasteiger partial charge is 0.145 e. The van der Waals surface area contributed by atoms with E-state index < -0.39 is 306 Å². The second kappa shape index (κ2) is 13.4. The minimum Gasteiger partial charge on any atom is -0.455 e. The van der Waals surface area contributed by atoms with Crippen molar-refractivity contribution in [2.24, 2.45) is 0 Å². The Morgan fingerprint density at radius 3 is 1.76 bits per heavy atom. The molecule has 0 aliphatic rings. The third-order valence-corrected chi connectivity index (χ3v) is 7.99. The SMILES string of the molecule is [2H]c1c([2H])c([2H])c(-c2c([2H])c([2H])c(N(c3c([2H])c([2H])c([2H])c([2H])c3-c3c([2H])c([2H])c([2H])c(-c4c([2H])c([2H])c([2H])c([2H])c4[2H])c3[2H])c3c([2H])c([2H])c(-c4c([2H])c([2H])c([2H])c5c([2H])c([2H])c([2H])c([2H])c45)c4oc5c([2H])c([2H])c([2H])c([2H])c5c34)c([2H])c2[2H])c([2H])c1[2H]. The monoisotopic (exact) mass is 724 g/mol. The number of benzene rings is 9. The highest BCUT2D eigenvalue weighted by Gasteiger charge is 2.24. The van der Waals surface area contributed by atoms with E-state index in [-0.39, 0.29) is 0 Å². The Balaban J connectivity index is 1.54. The van der Waals surface area contributed by atoms with Gasteiger partial charge in [-0.1, -0.05) is 169 Å². The largest absolute Gasteiger partial charge is 0.455 e. The third-order valence-electron chi connectivity index (χ3n) is 7.99. The summed E-state index contributed by atoms with van der Waals surface area (Å²) in [6, 6.07) is -39.8. The highest BCUT2D eigenvalue weighted by Crippen LogP contribution is 2.49. The van der Waals surface area contributed by atoms with Crippen LogP contribution < -0.4 is 4.90 Å². The van der Waals surface area contributed by atoms with Gasteiger partial charge in [0.2, 0.25) is 0 Å². The fourth-order valence-electron chi connectivity index (χ4n) is 5.68. The molecule has 0 N–H and O–H groups in total. The summed E-state index contributed by atoms with van der Waals surface area (Å²) in [5.74, 6) is 0. The molecule has 9 aromatic carbocycles. The van der Waals surface area contributed by atoms with E-state index in [1.165, 1.54) is 0 Å². The maximum atomic E-state index is 10.2. The van der Waals surface area contributed by atoms with Crippen LogP contribution in [-0.2, 0) is 0 Å². The molecule has 254 valence electrons. The standard InChI is InChI=1S/C52H35NO/c1-3-15-36(16-4-1)38-29-31-42(32-30-38)53(48-27-11-9-24-44(48)41-22-13-21-40(35-41)37-17-5-2-6-18-37)49-34-33-46(45-26-14-20-39-19-7-8-23-43(39)45)52-51(49)47-25-10-12-28-50(47)54-52/h1-35H/i1D,2D,3D,4D,5D,6D,7D,8D,9D,10D,11D,12D,13D,14D,15D,16D,17D,18D,19D,20D,21D,22D,23D,24D,25D,26D,27D,28D,29D,30D,31D,32D,33D,34D,35D. The van der Waals surface area contributed by atoms with E-state index in [0.29, 0.717) is 4.90 Å². The van der Waals surface area contributed by atoms with E-state index in [2.05, 4.69) is 0 Å². The van der Waals surface area contributed by atoms with Crippen LogP contribution in [0.5, 0.6) is 0 Å². The van der Waals surface area contributed by atoms with Crippen LogP contribution in [0.1, 0.15) is 48.0 Å². The number of nitrogens with zero attached hydrogens (tertiary/aromatic N) is 1. The summed E-state index contributed by atoms with van der Waals surface area (Å²) in [6.07, 6.45) is 0. The quantitative estimate of drug-likeness (QED) is 0.163. The van der Waals surface area contributed by atoms with Crippen molar-refractivity contribution in [3.63, 3.8) is 0 Å². The van der Waals surface area contributed by atoms with E-state index in [9.17, 15) is 17.8 Å². The molecule has 0 aliphatic carbocycles. The van der Waals surface area contributed by atoms with Crippen molar-refractivity contribution in [2.45, 2.75) is 0 Å². The van der Waals surface area contributed by atoms with E-state index in [0.717, 1.165) is 0 Å². The van der Waals surface area contributed by atoms with Crippen LogP contribution in [0.15, 0.2) is 216 Å². The summed E-state index contributed by atoms with van der Waals surface area (Å²) in [7, 11) is 0. The zero-order valence-corrected chi connectivity index (χ0v) is 26.9. The molecule has 10 aromatic rings. The van der Waals surface area contributed by atoms with Gasteiger partial charge in [0.05, 0.1) is 64.7 Å². The molecule has 54 heavy (non-hydrogen) atoms. The Labute approximate surface area is 364 Å². The van der Waals surface area contributed by atoms with Gasteiger partial charge in [-0.15, -0.1) is 0 Å². The number of anilines is 3. The molecule has 2 heteroatoms. The Kier molecular flexibility index (Phi) is 2.97. The van der Waals surface area contributed by atoms with Crippen molar-refractivity contribution in [1.29, 1.82) is 0 Å². The van der Waals surface area contributed by atoms with Crippen LogP contribution in [0.4, 0.5) is 17.1 Å². The summed E-state index contributed by atoms with van der Waals surface area (Å²) < 4.78 is 324. The molecule has 2 nitrogen and oxygen atoms in total. The molecule has 0 atom stereocenters. The first kappa shape index (κ1) is 11.9. The molecular formula is C52H35NO. The van der Waals surface area contributed by atoms with Crippen LogP contribution in [0.25, 0.3) is 77.2 Å². The van der Waals surface area contributed by atoms with Crippen molar-refractivity contribution in [3.05, 3.63) is 211 Å². The molecule has 0 saturated carbocycles. The fourth-order valence-corrected chi connectivity index (χ4v) is 5.68. The van der Waals surface area contributed by atoms with Crippen LogP contribution in [-0.4, -0.2) is 0 Å². The first-order valence-corrected chi connectivity index (χ1v) is 15.6. The molecule has 0 radical (unpaired) electrons. The van der Waals surface area contributed by atoms with E-state index in [1.54, 1.807) is 0 Å². The molecule has 0 aliphatic heterocycles. The second-order valence-corrected chi connectivity index (χ2v) is 11.0. The number of fused-ring (bicyclic) bond motifs is 4. The Morgan fingerprint density at radius 2 is 0.944 bits per heavy atom. The average molecular weight is 725 g/mol. The van der Waals surface area contributed by atoms with Gasteiger partial charge in [-0.25, -0.2) is 0 Å². The summed E-state index contributed by atoms with van der Waals surface area (Å²) >= 11 is 0. The summed E-state index contributed by atoms with van der Waals surface area (Å²) in [5.41, 5.74) is -13.8. The molecular weight excluding hydrogens is 655 g/mol. The van der Waals surface area contributed by atoms with E-state index in [4.69, 9.17) is 34.6 Å². The van der Waals surface area contributed by atoms with E-state index >= 15 is 0 Å². The zero-order valence-electron chi connectivity index (χ0n) is 61.9. The van der Waals surface area contributed by atoms with Gasteiger partial charge in [0.15, 0.2) is 0 Å². The second-order valence-electron chi connectivity index (χ2n) is 11.0. The maximum Gasteiger partial charge on any atom is 0.145 e. The number of furan rings is 1. The lowest BCUT2D eigenvalue weighted by molar-refractivity contribution is 0.670. The summed E-state index contributed by atoms with van der Waals surface area (Å²) in [6.45, 7) is 0. The van der Waals surface area contributed by atoms with Crippen molar-refractivity contribution < 1.29 is 52.4 Å². The summed E-state index contributed by atoms with van der Waals surface area (Å²) in [5, 5.41) is -3.29. The van der Waals surface area contributed by atoms with E-state index in [1.807, 2.05) is 0 Å². The molecule has 0 bridgehead atoms. The lowest BCUT2D eigenvalue weighted by Gasteiger charge is -2.29. The number of rotatable bonds is 7. The Hall–Kier alpha value is -7.16. The molecule has 10 rings (SSSR count). The lowest BCUT2D eigenvalue weighted by Crippen LogP contribution is -2.11. The van der Waals surface area contributed by atoms with Gasteiger partial charge in [-0.3, -0.25) is 0 Å². The van der Waals surface area contributed by atoms with Gasteiger partial charge in [0.1, 0.15) is 11.2 Å². The molecule has 1 heterocycles. The molecule has 1 aromatic heterocycles. The molecule has 0 saturated heterocycles. The Morgan fingerprint density at radius 1 is 0.370 bits per heavy atom. The van der Waals surface area contributed by atoms with Crippen molar-refractivity contribution in [1.82, 2.24) is 0 Å². The predicted octanol–water partition coefficient (Wildman–Crippen LogP) is 14.9. The average Bonchev–Trinajstić information content (AvgIpc) is 1.68. The van der Waals surface area contributed by atoms with Gasteiger partial charge >= 0.3 is 0 Å². The minimum absolute atomic E-state index is 0.290.